The second-order valence-corrected chi connectivity index (χ2v) is 10.6. The number of carbonyl (C=O) groups is 1. The molecule has 0 spiro atoms. The number of hydrogen-bond acceptors (Lipinski definition) is 4. The van der Waals surface area contributed by atoms with E-state index in [2.05, 4.69) is 4.90 Å². The summed E-state index contributed by atoms with van der Waals surface area (Å²) < 4.78 is 27.8. The molecule has 3 aliphatic rings. The molecule has 1 aliphatic carbocycles. The highest BCUT2D eigenvalue weighted by Gasteiger charge is 2.33. The molecular weight excluding hydrogens is 386 g/mol. The van der Waals surface area contributed by atoms with Crippen molar-refractivity contribution < 1.29 is 13.2 Å². The first-order valence-corrected chi connectivity index (χ1v) is 12.6. The van der Waals surface area contributed by atoms with E-state index in [0.29, 0.717) is 31.1 Å². The van der Waals surface area contributed by atoms with Crippen molar-refractivity contribution in [1.29, 1.82) is 0 Å². The van der Waals surface area contributed by atoms with Gasteiger partial charge < -0.3 is 4.90 Å². The lowest BCUT2D eigenvalue weighted by Gasteiger charge is -2.38. The van der Waals surface area contributed by atoms with E-state index < -0.39 is 10.0 Å². The van der Waals surface area contributed by atoms with Crippen molar-refractivity contribution in [1.82, 2.24) is 14.1 Å². The van der Waals surface area contributed by atoms with Gasteiger partial charge in [0, 0.05) is 39.3 Å². The van der Waals surface area contributed by atoms with E-state index >= 15 is 0 Å². The van der Waals surface area contributed by atoms with Gasteiger partial charge in [0.15, 0.2) is 0 Å². The molecule has 160 valence electrons. The van der Waals surface area contributed by atoms with Crippen LogP contribution in [-0.4, -0.2) is 73.7 Å². The van der Waals surface area contributed by atoms with Crippen molar-refractivity contribution in [2.24, 2.45) is 0 Å². The van der Waals surface area contributed by atoms with Crippen LogP contribution in [0.15, 0.2) is 23.1 Å². The lowest BCUT2D eigenvalue weighted by molar-refractivity contribution is -0.136. The number of hydrogen-bond donors (Lipinski definition) is 0. The molecule has 2 saturated heterocycles. The van der Waals surface area contributed by atoms with Gasteiger partial charge in [-0.2, -0.15) is 4.31 Å². The van der Waals surface area contributed by atoms with Crippen LogP contribution < -0.4 is 0 Å². The number of fused-ring (bicyclic) bond motifs is 1. The van der Waals surface area contributed by atoms with Gasteiger partial charge in [-0.05, 0) is 62.3 Å². The quantitative estimate of drug-likeness (QED) is 0.751. The van der Waals surface area contributed by atoms with Gasteiger partial charge in [0.2, 0.25) is 15.9 Å². The monoisotopic (exact) mass is 419 g/mol. The second kappa shape index (κ2) is 8.74. The van der Waals surface area contributed by atoms with Crippen LogP contribution >= 0.6 is 0 Å². The minimum atomic E-state index is -3.47. The molecule has 4 rings (SSSR count). The summed E-state index contributed by atoms with van der Waals surface area (Å²) in [5.74, 6) is 0.196. The fourth-order valence-corrected chi connectivity index (χ4v) is 6.37. The van der Waals surface area contributed by atoms with Gasteiger partial charge in [-0.15, -0.1) is 0 Å². The molecule has 0 aromatic heterocycles. The van der Waals surface area contributed by atoms with Crippen molar-refractivity contribution in [3.8, 4) is 0 Å². The minimum absolute atomic E-state index is 0.182. The Bertz CT molecular complexity index is 839. The predicted molar refractivity (Wildman–Crippen MR) is 113 cm³/mol. The van der Waals surface area contributed by atoms with E-state index in [-0.39, 0.29) is 11.9 Å². The lowest BCUT2D eigenvalue weighted by Crippen LogP contribution is -2.55. The maximum absolute atomic E-state index is 13.1. The highest BCUT2D eigenvalue weighted by Crippen LogP contribution is 2.27. The molecule has 2 fully saturated rings. The molecule has 2 aliphatic heterocycles. The lowest BCUT2D eigenvalue weighted by atomic mass is 10.1. The number of benzene rings is 1. The second-order valence-electron chi connectivity index (χ2n) is 8.64. The number of carbonyl (C=O) groups excluding carboxylic acids is 1. The highest BCUT2D eigenvalue weighted by molar-refractivity contribution is 7.89. The van der Waals surface area contributed by atoms with Crippen LogP contribution in [0.3, 0.4) is 0 Å². The first-order chi connectivity index (χ1) is 14.0. The Morgan fingerprint density at radius 3 is 2.21 bits per heavy atom. The molecule has 1 aromatic carbocycles. The number of amides is 1. The Labute approximate surface area is 174 Å². The molecule has 1 unspecified atom stereocenters. The molecular formula is C22H33N3O3S. The third-order valence-electron chi connectivity index (χ3n) is 6.80. The van der Waals surface area contributed by atoms with Crippen molar-refractivity contribution in [3.05, 3.63) is 29.3 Å². The van der Waals surface area contributed by atoms with Crippen LogP contribution in [0.1, 0.15) is 50.2 Å². The van der Waals surface area contributed by atoms with Gasteiger partial charge in [0.25, 0.3) is 0 Å². The van der Waals surface area contributed by atoms with Crippen LogP contribution in [0.2, 0.25) is 0 Å². The maximum Gasteiger partial charge on any atom is 0.243 e. The third kappa shape index (κ3) is 4.37. The van der Waals surface area contributed by atoms with Crippen molar-refractivity contribution in [2.75, 3.05) is 39.3 Å². The molecule has 1 aromatic rings. The molecule has 0 radical (unpaired) electrons. The summed E-state index contributed by atoms with van der Waals surface area (Å²) in [6.07, 6.45) is 7.73. The first-order valence-electron chi connectivity index (χ1n) is 11.1. The topological polar surface area (TPSA) is 60.9 Å². The average Bonchev–Trinajstić information content (AvgIpc) is 3.05. The van der Waals surface area contributed by atoms with Crippen LogP contribution in [0, 0.1) is 0 Å². The fourth-order valence-electron chi connectivity index (χ4n) is 4.90. The number of sulfonamides is 1. The Morgan fingerprint density at radius 1 is 0.862 bits per heavy atom. The number of likely N-dealkylation sites (tertiary alicyclic amines) is 1. The van der Waals surface area contributed by atoms with E-state index in [1.54, 1.807) is 10.4 Å². The normalized spacial score (nSPS) is 22.9. The van der Waals surface area contributed by atoms with E-state index in [9.17, 15) is 13.2 Å². The summed E-state index contributed by atoms with van der Waals surface area (Å²) >= 11 is 0. The molecule has 1 atom stereocenters. The molecule has 6 nitrogen and oxygen atoms in total. The highest BCUT2D eigenvalue weighted by atomic mass is 32.2. The molecule has 0 N–H and O–H groups in total. The number of aryl methyl sites for hydroxylation is 2. The van der Waals surface area contributed by atoms with Crippen LogP contribution in [0.5, 0.6) is 0 Å². The van der Waals surface area contributed by atoms with Gasteiger partial charge in [-0.1, -0.05) is 18.9 Å². The van der Waals surface area contributed by atoms with Gasteiger partial charge in [0.05, 0.1) is 10.9 Å². The minimum Gasteiger partial charge on any atom is -0.341 e. The zero-order valence-corrected chi connectivity index (χ0v) is 18.3. The van der Waals surface area contributed by atoms with Crippen LogP contribution in [0.4, 0.5) is 0 Å². The summed E-state index contributed by atoms with van der Waals surface area (Å²) in [6.45, 7) is 5.77. The number of rotatable bonds is 4. The molecule has 1 amide bonds. The third-order valence-corrected chi connectivity index (χ3v) is 8.70. The van der Waals surface area contributed by atoms with E-state index in [1.165, 1.54) is 24.0 Å². The van der Waals surface area contributed by atoms with E-state index in [0.717, 1.165) is 45.2 Å². The van der Waals surface area contributed by atoms with Gasteiger partial charge in [-0.3, -0.25) is 9.69 Å². The Kier molecular flexibility index (Phi) is 6.27. The zero-order chi connectivity index (χ0) is 20.4. The predicted octanol–water partition coefficient (Wildman–Crippen LogP) is 2.27. The zero-order valence-electron chi connectivity index (χ0n) is 17.5. The summed E-state index contributed by atoms with van der Waals surface area (Å²) in [7, 11) is -3.47. The van der Waals surface area contributed by atoms with Gasteiger partial charge in [-0.25, -0.2) is 8.42 Å². The van der Waals surface area contributed by atoms with E-state index in [4.69, 9.17) is 0 Å². The summed E-state index contributed by atoms with van der Waals surface area (Å²) in [5, 5.41) is 0. The molecule has 0 saturated carbocycles. The fraction of sp³-hybridized carbons (Fsp3) is 0.682. The molecule has 7 heteroatoms. The molecule has 2 heterocycles. The Hall–Kier alpha value is -1.44. The smallest absolute Gasteiger partial charge is 0.243 e. The SMILES string of the molecule is CC(C(=O)N1CCCCCC1)N1CCN(S(=O)(=O)c2ccc3c(c2)CCC3)CC1. The average molecular weight is 420 g/mol. The maximum atomic E-state index is 13.1. The van der Waals surface area contributed by atoms with Crippen molar-refractivity contribution in [3.63, 3.8) is 0 Å². The first kappa shape index (κ1) is 20.8. The Balaban J connectivity index is 1.37. The molecule has 29 heavy (non-hydrogen) atoms. The van der Waals surface area contributed by atoms with Crippen molar-refractivity contribution >= 4 is 15.9 Å². The van der Waals surface area contributed by atoms with Gasteiger partial charge >= 0.3 is 0 Å². The van der Waals surface area contributed by atoms with Gasteiger partial charge in [0.1, 0.15) is 0 Å². The largest absolute Gasteiger partial charge is 0.341 e. The summed E-state index contributed by atoms with van der Waals surface area (Å²) in [4.78, 5) is 17.5. The summed E-state index contributed by atoms with van der Waals surface area (Å²) in [6, 6.07) is 5.43. The number of piperazine rings is 1. The standard InChI is InChI=1S/C22H33N3O3S/c1-18(22(26)24-11-4-2-3-5-12-24)23-13-15-25(16-14-23)29(27,28)21-10-9-19-7-6-8-20(19)17-21/h9-10,17-18H,2-8,11-16H2,1H3. The van der Waals surface area contributed by atoms with Crippen LogP contribution in [-0.2, 0) is 27.7 Å². The number of nitrogens with zero attached hydrogens (tertiary/aromatic N) is 3. The van der Waals surface area contributed by atoms with Crippen LogP contribution in [0.25, 0.3) is 0 Å². The molecule has 0 bridgehead atoms. The summed E-state index contributed by atoms with van der Waals surface area (Å²) in [5.41, 5.74) is 2.47. The van der Waals surface area contributed by atoms with E-state index in [1.807, 2.05) is 24.0 Å². The Morgan fingerprint density at radius 2 is 1.52 bits per heavy atom. The van der Waals surface area contributed by atoms with Crippen molar-refractivity contribution in [2.45, 2.75) is 62.8 Å².